The van der Waals surface area contributed by atoms with Gasteiger partial charge in [0, 0.05) is 6.54 Å². The highest BCUT2D eigenvalue weighted by Crippen LogP contribution is 2.28. The minimum atomic E-state index is 0.665. The summed E-state index contributed by atoms with van der Waals surface area (Å²) in [5.74, 6) is 2.33. The van der Waals surface area contributed by atoms with E-state index in [1.807, 2.05) is 6.07 Å². The van der Waals surface area contributed by atoms with Crippen LogP contribution >= 0.6 is 0 Å². The highest BCUT2D eigenvalue weighted by Gasteiger charge is 2.06. The van der Waals surface area contributed by atoms with Gasteiger partial charge in [-0.15, -0.1) is 0 Å². The van der Waals surface area contributed by atoms with Gasteiger partial charge in [0.25, 0.3) is 0 Å². The fraction of sp³-hybridized carbons (Fsp3) is 0.647. The Morgan fingerprint density at radius 3 is 2.60 bits per heavy atom. The summed E-state index contributed by atoms with van der Waals surface area (Å²) in [5.41, 5.74) is 1.23. The summed E-state index contributed by atoms with van der Waals surface area (Å²) in [6.07, 6.45) is 3.51. The van der Waals surface area contributed by atoms with Gasteiger partial charge in [-0.05, 0) is 36.6 Å². The lowest BCUT2D eigenvalue weighted by molar-refractivity contribution is 0.285. The van der Waals surface area contributed by atoms with Crippen molar-refractivity contribution < 1.29 is 9.47 Å². The van der Waals surface area contributed by atoms with Crippen LogP contribution in [0.1, 0.15) is 45.6 Å². The molecule has 0 aromatic heterocycles. The number of benzene rings is 1. The summed E-state index contributed by atoms with van der Waals surface area (Å²) >= 11 is 0. The maximum absolute atomic E-state index is 5.85. The molecule has 0 unspecified atom stereocenters. The molecule has 0 bridgehead atoms. The minimum Gasteiger partial charge on any atom is -0.493 e. The summed E-state index contributed by atoms with van der Waals surface area (Å²) in [6, 6.07) is 6.16. The number of rotatable bonds is 10. The number of hydrogen-bond acceptors (Lipinski definition) is 3. The van der Waals surface area contributed by atoms with Crippen molar-refractivity contribution in [2.24, 2.45) is 5.92 Å². The lowest BCUT2D eigenvalue weighted by Crippen LogP contribution is -2.18. The minimum absolute atomic E-state index is 0.665. The van der Waals surface area contributed by atoms with Crippen LogP contribution in [0.2, 0.25) is 0 Å². The lowest BCUT2D eigenvalue weighted by atomic mass is 10.1. The largest absolute Gasteiger partial charge is 0.493 e. The van der Waals surface area contributed by atoms with E-state index < -0.39 is 0 Å². The van der Waals surface area contributed by atoms with E-state index in [9.17, 15) is 0 Å². The van der Waals surface area contributed by atoms with Crippen LogP contribution in [0.15, 0.2) is 18.2 Å². The van der Waals surface area contributed by atoms with Crippen LogP contribution in [-0.4, -0.2) is 20.3 Å². The van der Waals surface area contributed by atoms with Gasteiger partial charge in [-0.1, -0.05) is 39.7 Å². The molecule has 0 saturated heterocycles. The van der Waals surface area contributed by atoms with Gasteiger partial charge >= 0.3 is 0 Å². The first-order chi connectivity index (χ1) is 9.67. The molecule has 1 N–H and O–H groups in total. The third-order valence-electron chi connectivity index (χ3n) is 3.12. The molecular formula is C17H29NO2. The molecule has 0 spiro atoms. The van der Waals surface area contributed by atoms with E-state index in [1.54, 1.807) is 7.11 Å². The molecule has 114 valence electrons. The average Bonchev–Trinajstić information content (AvgIpc) is 2.43. The Hall–Kier alpha value is -1.22. The van der Waals surface area contributed by atoms with Gasteiger partial charge in [0.1, 0.15) is 0 Å². The average molecular weight is 279 g/mol. The molecule has 0 heterocycles. The highest BCUT2D eigenvalue weighted by atomic mass is 16.5. The van der Waals surface area contributed by atoms with Crippen molar-refractivity contribution in [3.63, 3.8) is 0 Å². The van der Waals surface area contributed by atoms with Crippen molar-refractivity contribution in [3.8, 4) is 11.5 Å². The normalized spacial score (nSPS) is 10.8. The smallest absolute Gasteiger partial charge is 0.161 e. The van der Waals surface area contributed by atoms with Gasteiger partial charge < -0.3 is 14.8 Å². The third-order valence-corrected chi connectivity index (χ3v) is 3.12. The zero-order chi connectivity index (χ0) is 14.8. The predicted octanol–water partition coefficient (Wildman–Crippen LogP) is 4.01. The predicted molar refractivity (Wildman–Crippen MR) is 84.6 cm³/mol. The molecule has 1 aromatic rings. The van der Waals surface area contributed by atoms with E-state index in [0.717, 1.165) is 37.6 Å². The van der Waals surface area contributed by atoms with E-state index >= 15 is 0 Å². The van der Waals surface area contributed by atoms with Gasteiger partial charge in [0.05, 0.1) is 13.7 Å². The molecule has 0 atom stereocenters. The summed E-state index contributed by atoms with van der Waals surface area (Å²) in [7, 11) is 1.69. The molecule has 1 aromatic carbocycles. The Morgan fingerprint density at radius 2 is 1.95 bits per heavy atom. The second kappa shape index (κ2) is 9.65. The fourth-order valence-electron chi connectivity index (χ4n) is 1.98. The maximum Gasteiger partial charge on any atom is 0.161 e. The summed E-state index contributed by atoms with van der Waals surface area (Å²) < 4.78 is 11.2. The Kier molecular flexibility index (Phi) is 8.12. The number of unbranched alkanes of at least 4 members (excludes halogenated alkanes) is 2. The van der Waals surface area contributed by atoms with Crippen LogP contribution in [0.3, 0.4) is 0 Å². The first kappa shape index (κ1) is 16.8. The van der Waals surface area contributed by atoms with E-state index in [0.29, 0.717) is 5.92 Å². The van der Waals surface area contributed by atoms with Gasteiger partial charge in [-0.3, -0.25) is 0 Å². The molecule has 0 amide bonds. The molecular weight excluding hydrogens is 250 g/mol. The molecule has 0 aliphatic heterocycles. The first-order valence-corrected chi connectivity index (χ1v) is 7.67. The summed E-state index contributed by atoms with van der Waals surface area (Å²) in [5, 5.41) is 3.45. The fourth-order valence-corrected chi connectivity index (χ4v) is 1.98. The molecule has 0 saturated carbocycles. The van der Waals surface area contributed by atoms with Gasteiger partial charge in [0.15, 0.2) is 11.5 Å². The number of ether oxygens (including phenoxy) is 2. The van der Waals surface area contributed by atoms with Crippen molar-refractivity contribution in [1.82, 2.24) is 5.32 Å². The molecule has 0 aliphatic carbocycles. The van der Waals surface area contributed by atoms with Crippen molar-refractivity contribution in [1.29, 1.82) is 0 Å². The molecule has 20 heavy (non-hydrogen) atoms. The monoisotopic (exact) mass is 279 g/mol. The van der Waals surface area contributed by atoms with Gasteiger partial charge in [0.2, 0.25) is 0 Å². The molecule has 0 aliphatic rings. The van der Waals surface area contributed by atoms with E-state index in [2.05, 4.69) is 38.2 Å². The van der Waals surface area contributed by atoms with Crippen molar-refractivity contribution in [2.45, 2.75) is 46.6 Å². The Labute approximate surface area is 123 Å². The van der Waals surface area contributed by atoms with E-state index in [-0.39, 0.29) is 0 Å². The van der Waals surface area contributed by atoms with Crippen LogP contribution in [-0.2, 0) is 6.54 Å². The summed E-state index contributed by atoms with van der Waals surface area (Å²) in [6.45, 7) is 9.27. The van der Waals surface area contributed by atoms with Crippen LogP contribution in [0.25, 0.3) is 0 Å². The summed E-state index contributed by atoms with van der Waals surface area (Å²) in [4.78, 5) is 0. The van der Waals surface area contributed by atoms with Crippen molar-refractivity contribution in [2.75, 3.05) is 20.3 Å². The maximum atomic E-state index is 5.85. The van der Waals surface area contributed by atoms with Crippen LogP contribution in [0, 0.1) is 5.92 Å². The molecule has 0 radical (unpaired) electrons. The SMILES string of the molecule is CCCCCOc1cc(CNCC(C)C)ccc1OC. The zero-order valence-corrected chi connectivity index (χ0v) is 13.4. The first-order valence-electron chi connectivity index (χ1n) is 7.67. The second-order valence-electron chi connectivity index (χ2n) is 5.57. The Morgan fingerprint density at radius 1 is 1.15 bits per heavy atom. The van der Waals surface area contributed by atoms with E-state index in [1.165, 1.54) is 18.4 Å². The van der Waals surface area contributed by atoms with E-state index in [4.69, 9.17) is 9.47 Å². The molecule has 3 nitrogen and oxygen atoms in total. The van der Waals surface area contributed by atoms with Gasteiger partial charge in [-0.2, -0.15) is 0 Å². The van der Waals surface area contributed by atoms with Crippen LogP contribution in [0.4, 0.5) is 0 Å². The second-order valence-corrected chi connectivity index (χ2v) is 5.57. The standard InChI is InChI=1S/C17H29NO2/c1-5-6-7-10-20-17-11-15(8-9-16(17)19-4)13-18-12-14(2)3/h8-9,11,14,18H,5-7,10,12-13H2,1-4H3. The quantitative estimate of drug-likeness (QED) is 0.656. The molecule has 3 heteroatoms. The third kappa shape index (κ3) is 6.29. The Bertz CT molecular complexity index is 377. The number of methoxy groups -OCH3 is 1. The number of nitrogens with one attached hydrogen (secondary N) is 1. The molecule has 1 rings (SSSR count). The number of hydrogen-bond donors (Lipinski definition) is 1. The molecule has 0 fully saturated rings. The zero-order valence-electron chi connectivity index (χ0n) is 13.4. The van der Waals surface area contributed by atoms with Crippen LogP contribution < -0.4 is 14.8 Å². The van der Waals surface area contributed by atoms with Gasteiger partial charge in [-0.25, -0.2) is 0 Å². The van der Waals surface area contributed by atoms with Crippen molar-refractivity contribution in [3.05, 3.63) is 23.8 Å². The van der Waals surface area contributed by atoms with Crippen LogP contribution in [0.5, 0.6) is 11.5 Å². The Balaban J connectivity index is 2.55. The topological polar surface area (TPSA) is 30.5 Å². The highest BCUT2D eigenvalue weighted by molar-refractivity contribution is 5.42. The lowest BCUT2D eigenvalue weighted by Gasteiger charge is -2.13. The van der Waals surface area contributed by atoms with Crippen molar-refractivity contribution >= 4 is 0 Å².